The van der Waals surface area contributed by atoms with Crippen molar-refractivity contribution in [3.05, 3.63) is 24.6 Å². The standard InChI is InChI=1S/C14H27N2O/c1-4-6-7-8-9-10-14-15-11-12-16(14,5-2)13(3)17/h7-8,11-15,17H,4-6,9-10H2,1-3H3/q+1/b8-7+. The van der Waals surface area contributed by atoms with Crippen LogP contribution >= 0.6 is 0 Å². The van der Waals surface area contributed by atoms with Gasteiger partial charge in [-0.05, 0) is 19.8 Å². The number of hydrogen-bond acceptors (Lipinski definition) is 2. The van der Waals surface area contributed by atoms with Crippen LogP contribution in [0.3, 0.4) is 0 Å². The highest BCUT2D eigenvalue weighted by molar-refractivity contribution is 4.88. The fourth-order valence-electron chi connectivity index (χ4n) is 2.49. The molecule has 17 heavy (non-hydrogen) atoms. The van der Waals surface area contributed by atoms with Crippen molar-refractivity contribution in [1.82, 2.24) is 5.32 Å². The summed E-state index contributed by atoms with van der Waals surface area (Å²) in [5.74, 6) is 0. The first-order valence-corrected chi connectivity index (χ1v) is 6.81. The average molecular weight is 239 g/mol. The summed E-state index contributed by atoms with van der Waals surface area (Å²) in [5.41, 5.74) is 0. The Hall–Kier alpha value is -0.800. The van der Waals surface area contributed by atoms with Crippen LogP contribution < -0.4 is 5.32 Å². The zero-order chi connectivity index (χ0) is 12.7. The van der Waals surface area contributed by atoms with Crippen LogP contribution in [-0.4, -0.2) is 28.5 Å². The molecule has 1 rings (SSSR count). The van der Waals surface area contributed by atoms with E-state index in [1.807, 2.05) is 13.1 Å². The molecule has 0 aromatic rings. The van der Waals surface area contributed by atoms with Crippen LogP contribution in [0.25, 0.3) is 0 Å². The predicted molar refractivity (Wildman–Crippen MR) is 71.8 cm³/mol. The molecule has 0 saturated carbocycles. The zero-order valence-electron chi connectivity index (χ0n) is 11.4. The fraction of sp³-hybridized carbons (Fsp3) is 0.714. The molecule has 1 aliphatic rings. The second-order valence-electron chi connectivity index (χ2n) is 4.78. The first kappa shape index (κ1) is 14.3. The van der Waals surface area contributed by atoms with Crippen molar-refractivity contribution < 1.29 is 9.59 Å². The average Bonchev–Trinajstić information content (AvgIpc) is 2.73. The number of rotatable bonds is 7. The van der Waals surface area contributed by atoms with Crippen LogP contribution in [0.1, 0.15) is 46.5 Å². The molecule has 0 amide bonds. The Bertz CT molecular complexity index is 273. The lowest BCUT2D eigenvalue weighted by Crippen LogP contribution is -2.57. The SMILES string of the molecule is CCC/C=C/CCC1NC=C[N+]1(CC)C(C)O. The van der Waals surface area contributed by atoms with Crippen LogP contribution in [0, 0.1) is 0 Å². The van der Waals surface area contributed by atoms with Crippen molar-refractivity contribution in [2.75, 3.05) is 6.54 Å². The van der Waals surface area contributed by atoms with E-state index in [1.165, 1.54) is 12.8 Å². The number of quaternary nitrogens is 1. The minimum Gasteiger partial charge on any atom is -0.345 e. The zero-order valence-corrected chi connectivity index (χ0v) is 11.4. The molecule has 3 heteroatoms. The number of hydrogen-bond donors (Lipinski definition) is 2. The van der Waals surface area contributed by atoms with E-state index < -0.39 is 0 Å². The molecule has 0 radical (unpaired) electrons. The summed E-state index contributed by atoms with van der Waals surface area (Å²) < 4.78 is 0.640. The Labute approximate surface area is 105 Å². The number of aliphatic hydroxyl groups excluding tert-OH is 1. The molecule has 0 bridgehead atoms. The maximum Gasteiger partial charge on any atom is 0.193 e. The summed E-state index contributed by atoms with van der Waals surface area (Å²) in [6.45, 7) is 7.12. The molecule has 3 atom stereocenters. The largest absolute Gasteiger partial charge is 0.345 e. The van der Waals surface area contributed by atoms with Gasteiger partial charge in [0.05, 0.1) is 12.7 Å². The molecule has 0 spiro atoms. The lowest BCUT2D eigenvalue weighted by Gasteiger charge is -2.39. The van der Waals surface area contributed by atoms with Crippen molar-refractivity contribution >= 4 is 0 Å². The van der Waals surface area contributed by atoms with E-state index in [1.54, 1.807) is 0 Å². The lowest BCUT2D eigenvalue weighted by molar-refractivity contribution is -0.942. The van der Waals surface area contributed by atoms with E-state index in [9.17, 15) is 5.11 Å². The Kier molecular flexibility index (Phi) is 5.72. The molecule has 0 saturated heterocycles. The van der Waals surface area contributed by atoms with E-state index in [4.69, 9.17) is 0 Å². The maximum absolute atomic E-state index is 9.98. The van der Waals surface area contributed by atoms with Crippen LogP contribution in [0.15, 0.2) is 24.6 Å². The summed E-state index contributed by atoms with van der Waals surface area (Å²) in [6, 6.07) is 0. The fourth-order valence-corrected chi connectivity index (χ4v) is 2.49. The van der Waals surface area contributed by atoms with Gasteiger partial charge < -0.3 is 10.4 Å². The van der Waals surface area contributed by atoms with Crippen molar-refractivity contribution in [3.63, 3.8) is 0 Å². The highest BCUT2D eigenvalue weighted by Gasteiger charge is 2.40. The van der Waals surface area contributed by atoms with Gasteiger partial charge in [-0.2, -0.15) is 0 Å². The molecule has 3 nitrogen and oxygen atoms in total. The highest BCUT2D eigenvalue weighted by atomic mass is 16.3. The summed E-state index contributed by atoms with van der Waals surface area (Å²) in [4.78, 5) is 0. The number of aliphatic hydroxyl groups is 1. The molecule has 2 N–H and O–H groups in total. The second kappa shape index (κ2) is 6.82. The topological polar surface area (TPSA) is 32.3 Å². The Morgan fingerprint density at radius 1 is 1.35 bits per heavy atom. The molecule has 0 aromatic carbocycles. The van der Waals surface area contributed by atoms with Crippen LogP contribution in [-0.2, 0) is 0 Å². The van der Waals surface area contributed by atoms with E-state index in [0.29, 0.717) is 10.6 Å². The van der Waals surface area contributed by atoms with Crippen LogP contribution in [0.4, 0.5) is 0 Å². The van der Waals surface area contributed by atoms with Gasteiger partial charge in [0.25, 0.3) is 0 Å². The van der Waals surface area contributed by atoms with Crippen molar-refractivity contribution in [2.45, 2.75) is 58.8 Å². The normalized spacial score (nSPS) is 29.8. The molecule has 0 fully saturated rings. The number of nitrogens with zero attached hydrogens (tertiary/aromatic N) is 1. The smallest absolute Gasteiger partial charge is 0.193 e. The predicted octanol–water partition coefficient (Wildman–Crippen LogP) is 2.70. The minimum absolute atomic E-state index is 0.311. The van der Waals surface area contributed by atoms with Crippen molar-refractivity contribution in [1.29, 1.82) is 0 Å². The van der Waals surface area contributed by atoms with Crippen LogP contribution in [0.5, 0.6) is 0 Å². The quantitative estimate of drug-likeness (QED) is 0.529. The van der Waals surface area contributed by atoms with Gasteiger partial charge >= 0.3 is 0 Å². The van der Waals surface area contributed by atoms with Crippen molar-refractivity contribution in [2.24, 2.45) is 0 Å². The van der Waals surface area contributed by atoms with E-state index in [-0.39, 0.29) is 6.23 Å². The van der Waals surface area contributed by atoms with E-state index in [0.717, 1.165) is 19.4 Å². The molecule has 1 heterocycles. The third-order valence-corrected chi connectivity index (χ3v) is 3.69. The Balaban J connectivity index is 2.48. The maximum atomic E-state index is 9.98. The van der Waals surface area contributed by atoms with Gasteiger partial charge in [0.2, 0.25) is 0 Å². The summed E-state index contributed by atoms with van der Waals surface area (Å²) in [7, 11) is 0. The molecule has 98 valence electrons. The van der Waals surface area contributed by atoms with Gasteiger partial charge in [0, 0.05) is 13.3 Å². The molecule has 0 aromatic heterocycles. The Morgan fingerprint density at radius 2 is 2.06 bits per heavy atom. The molecule has 1 aliphatic heterocycles. The summed E-state index contributed by atoms with van der Waals surface area (Å²) in [6.07, 6.45) is 13.1. The van der Waals surface area contributed by atoms with Gasteiger partial charge in [-0.15, -0.1) is 0 Å². The summed E-state index contributed by atoms with van der Waals surface area (Å²) in [5, 5.41) is 13.3. The first-order valence-electron chi connectivity index (χ1n) is 6.81. The molecule has 3 unspecified atom stereocenters. The first-order chi connectivity index (χ1) is 8.17. The third-order valence-electron chi connectivity index (χ3n) is 3.69. The van der Waals surface area contributed by atoms with Gasteiger partial charge in [-0.25, -0.2) is 0 Å². The lowest BCUT2D eigenvalue weighted by atomic mass is 10.1. The van der Waals surface area contributed by atoms with Crippen LogP contribution in [0.2, 0.25) is 0 Å². The third kappa shape index (κ3) is 3.33. The number of unbranched alkanes of at least 4 members (excludes halogenated alkanes) is 1. The second-order valence-corrected chi connectivity index (χ2v) is 4.78. The number of nitrogens with one attached hydrogen (secondary N) is 1. The Morgan fingerprint density at radius 3 is 2.65 bits per heavy atom. The van der Waals surface area contributed by atoms with Gasteiger partial charge in [-0.3, -0.25) is 4.48 Å². The summed E-state index contributed by atoms with van der Waals surface area (Å²) >= 11 is 0. The monoisotopic (exact) mass is 239 g/mol. The van der Waals surface area contributed by atoms with E-state index in [2.05, 4.69) is 37.5 Å². The molecular formula is C14H27N2O+. The highest BCUT2D eigenvalue weighted by Crippen LogP contribution is 2.25. The van der Waals surface area contributed by atoms with Gasteiger partial charge in [0.15, 0.2) is 12.4 Å². The van der Waals surface area contributed by atoms with E-state index >= 15 is 0 Å². The van der Waals surface area contributed by atoms with Gasteiger partial charge in [0.1, 0.15) is 6.20 Å². The molecule has 0 aliphatic carbocycles. The van der Waals surface area contributed by atoms with Crippen molar-refractivity contribution in [3.8, 4) is 0 Å². The van der Waals surface area contributed by atoms with Gasteiger partial charge in [-0.1, -0.05) is 25.5 Å². The minimum atomic E-state index is -0.351. The number of allylic oxidation sites excluding steroid dienone is 2. The molecular weight excluding hydrogens is 212 g/mol.